The predicted molar refractivity (Wildman–Crippen MR) is 144 cm³/mol. The number of likely N-dealkylation sites (tertiary alicyclic amines) is 1. The Labute approximate surface area is 215 Å². The molecule has 1 saturated heterocycles. The van der Waals surface area contributed by atoms with E-state index in [1.165, 1.54) is 12.8 Å². The summed E-state index contributed by atoms with van der Waals surface area (Å²) in [4.78, 5) is 15.9. The monoisotopic (exact) mass is 499 g/mol. The number of thioether (sulfide) groups is 1. The van der Waals surface area contributed by atoms with Crippen molar-refractivity contribution in [2.45, 2.75) is 83.1 Å². The molecule has 0 spiro atoms. The third-order valence-corrected chi connectivity index (χ3v) is 7.19. The zero-order valence-corrected chi connectivity index (χ0v) is 22.9. The van der Waals surface area contributed by atoms with Gasteiger partial charge in [-0.05, 0) is 77.0 Å². The Morgan fingerprint density at radius 3 is 2.46 bits per heavy atom. The van der Waals surface area contributed by atoms with Crippen molar-refractivity contribution in [3.8, 4) is 5.75 Å². The van der Waals surface area contributed by atoms with Gasteiger partial charge in [0, 0.05) is 18.3 Å². The van der Waals surface area contributed by atoms with Crippen LogP contribution in [0.15, 0.2) is 41.6 Å². The molecule has 35 heavy (non-hydrogen) atoms. The van der Waals surface area contributed by atoms with Gasteiger partial charge in [0.05, 0.1) is 35.8 Å². The van der Waals surface area contributed by atoms with E-state index in [4.69, 9.17) is 9.47 Å². The highest BCUT2D eigenvalue weighted by atomic mass is 32.2. The number of rotatable bonds is 10. The first-order valence-corrected chi connectivity index (χ1v) is 13.8. The lowest BCUT2D eigenvalue weighted by molar-refractivity contribution is 0.0532. The van der Waals surface area contributed by atoms with Gasteiger partial charge < -0.3 is 19.7 Å². The molecule has 7 nitrogen and oxygen atoms in total. The number of nitrogens with zero attached hydrogens (tertiary/aromatic N) is 4. The topological polar surface area (TPSA) is 72.4 Å². The van der Waals surface area contributed by atoms with E-state index in [1.807, 2.05) is 44.8 Å². The molecule has 0 unspecified atom stereocenters. The summed E-state index contributed by atoms with van der Waals surface area (Å²) in [6.07, 6.45) is 11.4. The number of pyridine rings is 1. The predicted octanol–water partition coefficient (Wildman–Crippen LogP) is 6.45. The Morgan fingerprint density at radius 2 is 1.89 bits per heavy atom. The second-order valence-corrected chi connectivity index (χ2v) is 10.3. The van der Waals surface area contributed by atoms with E-state index < -0.39 is 0 Å². The van der Waals surface area contributed by atoms with Gasteiger partial charge in [0.2, 0.25) is 0 Å². The molecule has 4 rings (SSSR count). The van der Waals surface area contributed by atoms with E-state index in [9.17, 15) is 0 Å². The number of ether oxygens (including phenoxy) is 2. The summed E-state index contributed by atoms with van der Waals surface area (Å²) < 4.78 is 11.7. The fraction of sp³-hybridized carbons (Fsp3) is 0.593. The average molecular weight is 500 g/mol. The average Bonchev–Trinajstić information content (AvgIpc) is 3.70. The number of hydrogen-bond acceptors (Lipinski definition) is 8. The summed E-state index contributed by atoms with van der Waals surface area (Å²) in [7, 11) is 1.69. The van der Waals surface area contributed by atoms with Gasteiger partial charge in [-0.1, -0.05) is 13.8 Å². The van der Waals surface area contributed by atoms with E-state index in [0.717, 1.165) is 59.9 Å². The lowest BCUT2D eigenvalue weighted by atomic mass is 9.92. The van der Waals surface area contributed by atoms with Gasteiger partial charge in [0.25, 0.3) is 0 Å². The second-order valence-electron chi connectivity index (χ2n) is 8.96. The molecule has 2 aromatic heterocycles. The molecule has 2 aliphatic rings. The van der Waals surface area contributed by atoms with Gasteiger partial charge >= 0.3 is 0 Å². The molecule has 0 bridgehead atoms. The van der Waals surface area contributed by atoms with Crippen LogP contribution in [0.5, 0.6) is 5.75 Å². The first kappa shape index (κ1) is 27.1. The zero-order valence-electron chi connectivity index (χ0n) is 22.1. The van der Waals surface area contributed by atoms with Gasteiger partial charge in [-0.15, -0.1) is 11.8 Å². The van der Waals surface area contributed by atoms with Crippen LogP contribution in [0.2, 0.25) is 0 Å². The molecular weight excluding hydrogens is 458 g/mol. The first-order valence-electron chi connectivity index (χ1n) is 12.9. The van der Waals surface area contributed by atoms with E-state index in [-0.39, 0.29) is 6.10 Å². The second kappa shape index (κ2) is 13.6. The van der Waals surface area contributed by atoms with Gasteiger partial charge in [0.1, 0.15) is 6.33 Å². The standard InChI is InChI=1S/C25H35N5O2S.C2H6/c1-5-23(32-17(2)3)30-12-10-18(11-13-30)14-21-24(31-4)25(28-16-27-21)29-19-6-9-22(26-15-19)33-20-7-8-20;1-2/h5-6,9,15-18,20H,7-8,10-14H2,1-4H3,(H,27,28,29);1-2H3/b23-5+;. The summed E-state index contributed by atoms with van der Waals surface area (Å²) in [6, 6.07) is 4.11. The Bertz CT molecular complexity index is 939. The minimum atomic E-state index is 0.188. The molecular formula is C27H41N5O2S. The van der Waals surface area contributed by atoms with E-state index in [1.54, 1.807) is 13.4 Å². The Balaban J connectivity index is 0.00000167. The smallest absolute Gasteiger partial charge is 0.185 e. The molecule has 0 amide bonds. The van der Waals surface area contributed by atoms with Crippen LogP contribution in [-0.4, -0.2) is 51.4 Å². The summed E-state index contributed by atoms with van der Waals surface area (Å²) >= 11 is 1.86. The van der Waals surface area contributed by atoms with Crippen LogP contribution < -0.4 is 10.1 Å². The van der Waals surface area contributed by atoms with Gasteiger partial charge in [-0.25, -0.2) is 15.0 Å². The van der Waals surface area contributed by atoms with Crippen molar-refractivity contribution in [1.82, 2.24) is 19.9 Å². The van der Waals surface area contributed by atoms with Crippen LogP contribution in [0.1, 0.15) is 66.0 Å². The molecule has 1 saturated carbocycles. The highest BCUT2D eigenvalue weighted by Gasteiger charge is 2.25. The van der Waals surface area contributed by atoms with Crippen molar-refractivity contribution >= 4 is 23.3 Å². The van der Waals surface area contributed by atoms with Crippen LogP contribution in [-0.2, 0) is 11.2 Å². The molecule has 2 fully saturated rings. The normalized spacial score (nSPS) is 16.5. The van der Waals surface area contributed by atoms with Crippen molar-refractivity contribution in [2.24, 2.45) is 5.92 Å². The lowest BCUT2D eigenvalue weighted by Gasteiger charge is -2.35. The maximum Gasteiger partial charge on any atom is 0.185 e. The lowest BCUT2D eigenvalue weighted by Crippen LogP contribution is -2.35. The SMILES string of the molecule is C/C=C(/OC(C)C)N1CCC(Cc2ncnc(Nc3ccc(SC4CC4)nc3)c2OC)CC1.CC. The third kappa shape index (κ3) is 8.02. The minimum Gasteiger partial charge on any atom is -0.491 e. The van der Waals surface area contributed by atoms with Crippen LogP contribution in [0.4, 0.5) is 11.5 Å². The Hall–Kier alpha value is -2.48. The maximum absolute atomic E-state index is 5.96. The van der Waals surface area contributed by atoms with Crippen molar-refractivity contribution in [3.63, 3.8) is 0 Å². The van der Waals surface area contributed by atoms with Crippen molar-refractivity contribution in [2.75, 3.05) is 25.5 Å². The molecule has 1 N–H and O–H groups in total. The summed E-state index contributed by atoms with van der Waals surface area (Å²) in [5, 5.41) is 5.19. The summed E-state index contributed by atoms with van der Waals surface area (Å²) in [5.74, 6) is 2.94. The Kier molecular flexibility index (Phi) is 10.5. The number of allylic oxidation sites excluding steroid dienone is 1. The molecule has 1 aliphatic carbocycles. The van der Waals surface area contributed by atoms with Gasteiger partial charge in [0.15, 0.2) is 17.5 Å². The van der Waals surface area contributed by atoms with E-state index in [0.29, 0.717) is 17.5 Å². The number of methoxy groups -OCH3 is 1. The number of aromatic nitrogens is 3. The maximum atomic E-state index is 5.96. The fourth-order valence-corrected chi connectivity index (χ4v) is 5.05. The van der Waals surface area contributed by atoms with Crippen molar-refractivity contribution < 1.29 is 9.47 Å². The molecule has 0 atom stereocenters. The van der Waals surface area contributed by atoms with Gasteiger partial charge in [-0.2, -0.15) is 0 Å². The first-order chi connectivity index (χ1) is 17.1. The van der Waals surface area contributed by atoms with Gasteiger partial charge in [-0.3, -0.25) is 0 Å². The fourth-order valence-electron chi connectivity index (χ4n) is 4.07. The van der Waals surface area contributed by atoms with Crippen molar-refractivity contribution in [3.05, 3.63) is 42.3 Å². The molecule has 192 valence electrons. The highest BCUT2D eigenvalue weighted by molar-refractivity contribution is 8.00. The van der Waals surface area contributed by atoms with Crippen LogP contribution in [0.25, 0.3) is 0 Å². The van der Waals surface area contributed by atoms with Crippen LogP contribution >= 0.6 is 11.8 Å². The highest BCUT2D eigenvalue weighted by Crippen LogP contribution is 2.38. The molecule has 0 aromatic carbocycles. The molecule has 0 radical (unpaired) electrons. The Morgan fingerprint density at radius 1 is 1.14 bits per heavy atom. The quantitative estimate of drug-likeness (QED) is 0.374. The molecule has 3 heterocycles. The van der Waals surface area contributed by atoms with E-state index in [2.05, 4.69) is 51.2 Å². The number of nitrogens with one attached hydrogen (secondary N) is 1. The minimum absolute atomic E-state index is 0.188. The zero-order chi connectivity index (χ0) is 25.2. The molecule has 8 heteroatoms. The summed E-state index contributed by atoms with van der Waals surface area (Å²) in [6.45, 7) is 12.2. The molecule has 2 aromatic rings. The van der Waals surface area contributed by atoms with E-state index >= 15 is 0 Å². The number of anilines is 2. The van der Waals surface area contributed by atoms with Crippen LogP contribution in [0.3, 0.4) is 0 Å². The third-order valence-electron chi connectivity index (χ3n) is 5.90. The molecule has 1 aliphatic heterocycles. The number of piperidine rings is 1. The largest absolute Gasteiger partial charge is 0.491 e. The van der Waals surface area contributed by atoms with Crippen LogP contribution in [0, 0.1) is 5.92 Å². The van der Waals surface area contributed by atoms with Crippen molar-refractivity contribution in [1.29, 1.82) is 0 Å². The number of hydrogen-bond donors (Lipinski definition) is 1. The summed E-state index contributed by atoms with van der Waals surface area (Å²) in [5.41, 5.74) is 1.85.